The first-order valence-corrected chi connectivity index (χ1v) is 22.1. The molecule has 55 heavy (non-hydrogen) atoms. The molecule has 0 spiro atoms. The highest BCUT2D eigenvalue weighted by atomic mass is 16.5. The van der Waals surface area contributed by atoms with Crippen LogP contribution in [0.3, 0.4) is 0 Å². The maximum atomic E-state index is 13.1. The molecule has 0 aliphatic rings. The lowest BCUT2D eigenvalue weighted by Gasteiger charge is -2.24. The van der Waals surface area contributed by atoms with Crippen LogP contribution in [-0.2, 0) is 14.3 Å². The van der Waals surface area contributed by atoms with Crippen LogP contribution in [0.4, 0.5) is 0 Å². The van der Waals surface area contributed by atoms with E-state index in [1.54, 1.807) is 0 Å². The summed E-state index contributed by atoms with van der Waals surface area (Å²) in [6, 6.07) is -0.726. The van der Waals surface area contributed by atoms with Gasteiger partial charge in [-0.25, -0.2) is 0 Å². The van der Waals surface area contributed by atoms with Crippen LogP contribution in [0.15, 0.2) is 97.2 Å². The van der Waals surface area contributed by atoms with Crippen molar-refractivity contribution in [3.05, 3.63) is 97.2 Å². The molecule has 0 radical (unpaired) electrons. The third-order valence-electron chi connectivity index (χ3n) is 9.35. The summed E-state index contributed by atoms with van der Waals surface area (Å²) in [5.74, 6) is -0.596. The van der Waals surface area contributed by atoms with Crippen molar-refractivity contribution < 1.29 is 24.5 Å². The minimum atomic E-state index is -0.809. The zero-order valence-corrected chi connectivity index (χ0v) is 35.3. The number of aliphatic hydroxyl groups is 2. The zero-order chi connectivity index (χ0) is 40.3. The fourth-order valence-corrected chi connectivity index (χ4v) is 6.05. The average molecular weight is 764 g/mol. The summed E-state index contributed by atoms with van der Waals surface area (Å²) in [5.41, 5.74) is 0. The molecule has 0 aromatic rings. The average Bonchev–Trinajstić information content (AvgIpc) is 3.18. The van der Waals surface area contributed by atoms with Crippen molar-refractivity contribution in [2.75, 3.05) is 6.61 Å². The van der Waals surface area contributed by atoms with Gasteiger partial charge in [-0.3, -0.25) is 9.59 Å². The van der Waals surface area contributed by atoms with Crippen LogP contribution in [0.1, 0.15) is 175 Å². The van der Waals surface area contributed by atoms with Crippen LogP contribution in [0.5, 0.6) is 0 Å². The minimum Gasteiger partial charge on any atom is -0.462 e. The Bertz CT molecular complexity index is 1130. The highest BCUT2D eigenvalue weighted by molar-refractivity contribution is 5.77. The van der Waals surface area contributed by atoms with Crippen molar-refractivity contribution in [3.8, 4) is 0 Å². The molecular weight excluding hydrogens is 683 g/mol. The number of hydrogen-bond donors (Lipinski definition) is 3. The number of ether oxygens (including phenoxy) is 1. The zero-order valence-electron chi connectivity index (χ0n) is 35.3. The van der Waals surface area contributed by atoms with Crippen LogP contribution in [0, 0.1) is 0 Å². The Hall–Kier alpha value is -3.22. The van der Waals surface area contributed by atoms with E-state index in [1.807, 2.05) is 54.7 Å². The molecule has 1 amide bonds. The minimum absolute atomic E-state index is 0.0290. The molecule has 3 N–H and O–H groups in total. The Labute approximate surface area is 337 Å². The normalized spacial score (nSPS) is 14.3. The molecule has 0 bridgehead atoms. The van der Waals surface area contributed by atoms with E-state index in [4.69, 9.17) is 4.74 Å². The molecule has 0 aromatic carbocycles. The van der Waals surface area contributed by atoms with Gasteiger partial charge in [0.05, 0.1) is 25.2 Å². The van der Waals surface area contributed by atoms with E-state index in [9.17, 15) is 19.8 Å². The van der Waals surface area contributed by atoms with Gasteiger partial charge in [-0.2, -0.15) is 0 Å². The Kier molecular flexibility index (Phi) is 39.5. The Morgan fingerprint density at radius 1 is 0.545 bits per heavy atom. The van der Waals surface area contributed by atoms with Gasteiger partial charge in [0.2, 0.25) is 5.91 Å². The largest absolute Gasteiger partial charge is 0.462 e. The van der Waals surface area contributed by atoms with E-state index in [0.29, 0.717) is 19.3 Å². The van der Waals surface area contributed by atoms with E-state index in [2.05, 4.69) is 68.6 Å². The highest BCUT2D eigenvalue weighted by Crippen LogP contribution is 2.16. The molecule has 0 aliphatic heterocycles. The molecule has 0 saturated carbocycles. The fraction of sp³-hybridized carbons (Fsp3) is 0.633. The van der Waals surface area contributed by atoms with Gasteiger partial charge in [-0.05, 0) is 57.8 Å². The van der Waals surface area contributed by atoms with Crippen LogP contribution in [-0.4, -0.2) is 46.9 Å². The van der Waals surface area contributed by atoms with Gasteiger partial charge in [0.15, 0.2) is 0 Å². The van der Waals surface area contributed by atoms with E-state index >= 15 is 0 Å². The summed E-state index contributed by atoms with van der Waals surface area (Å²) in [5, 5.41) is 23.6. The number of aliphatic hydroxyl groups excluding tert-OH is 2. The van der Waals surface area contributed by atoms with Gasteiger partial charge in [-0.1, -0.05) is 201 Å². The van der Waals surface area contributed by atoms with Gasteiger partial charge in [-0.15, -0.1) is 0 Å². The first-order chi connectivity index (χ1) is 27.0. The highest BCUT2D eigenvalue weighted by Gasteiger charge is 2.24. The third-order valence-corrected chi connectivity index (χ3v) is 9.35. The summed E-state index contributed by atoms with van der Waals surface area (Å²) < 4.78 is 5.85. The maximum Gasteiger partial charge on any atom is 0.306 e. The van der Waals surface area contributed by atoms with Crippen molar-refractivity contribution in [3.63, 3.8) is 0 Å². The number of carbonyl (C=O) groups excluding carboxylic acids is 2. The summed E-state index contributed by atoms with van der Waals surface area (Å²) >= 11 is 0. The monoisotopic (exact) mass is 764 g/mol. The molecule has 3 atom stereocenters. The molecule has 6 heteroatoms. The molecule has 0 heterocycles. The van der Waals surface area contributed by atoms with E-state index in [0.717, 1.165) is 77.0 Å². The smallest absolute Gasteiger partial charge is 0.306 e. The molecule has 0 rings (SSSR count). The quantitative estimate of drug-likeness (QED) is 0.0333. The van der Waals surface area contributed by atoms with Gasteiger partial charge in [0.25, 0.3) is 0 Å². The van der Waals surface area contributed by atoms with E-state index in [1.165, 1.54) is 44.9 Å². The molecular formula is C49H81NO5. The van der Waals surface area contributed by atoms with Gasteiger partial charge in [0.1, 0.15) is 6.10 Å². The first kappa shape index (κ1) is 51.8. The van der Waals surface area contributed by atoms with E-state index in [-0.39, 0.29) is 31.3 Å². The summed E-state index contributed by atoms with van der Waals surface area (Å²) in [4.78, 5) is 25.9. The van der Waals surface area contributed by atoms with E-state index < -0.39 is 18.2 Å². The second-order valence-electron chi connectivity index (χ2n) is 14.5. The molecule has 0 fully saturated rings. The number of rotatable bonds is 37. The van der Waals surface area contributed by atoms with Crippen LogP contribution in [0.25, 0.3) is 0 Å². The van der Waals surface area contributed by atoms with Crippen molar-refractivity contribution in [2.45, 2.75) is 193 Å². The number of unbranched alkanes of at least 4 members (excludes halogenated alkanes) is 15. The lowest BCUT2D eigenvalue weighted by molar-refractivity contribution is -0.151. The van der Waals surface area contributed by atoms with Crippen LogP contribution >= 0.6 is 0 Å². The number of esters is 1. The molecule has 3 unspecified atom stereocenters. The first-order valence-electron chi connectivity index (χ1n) is 22.1. The van der Waals surface area contributed by atoms with Gasteiger partial charge >= 0.3 is 5.97 Å². The van der Waals surface area contributed by atoms with Gasteiger partial charge < -0.3 is 20.3 Å². The number of allylic oxidation sites excluding steroid dienone is 16. The molecule has 312 valence electrons. The lowest BCUT2D eigenvalue weighted by atomic mass is 10.0. The molecule has 0 saturated heterocycles. The Morgan fingerprint density at radius 3 is 1.49 bits per heavy atom. The summed E-state index contributed by atoms with van der Waals surface area (Å²) in [6.07, 6.45) is 54.7. The van der Waals surface area contributed by atoms with Crippen molar-refractivity contribution in [1.29, 1.82) is 0 Å². The standard InChI is InChI=1S/C49H81NO5/c1-4-7-10-13-16-19-22-24-26-28-31-34-37-40-45(55-49(54)42-39-36-33-30-27-25-23-20-17-14-11-8-5-2)43-48(53)50-46(44-51)47(52)41-38-35-32-29-21-18-15-12-9-6-3/h7-8,10-11,13-14,16-17,19-20,22-23,25,27,30,33,45-47,51-52H,4-6,9,12,15,18,21,24,26,28-29,31-32,34-44H2,1-3H3,(H,50,53)/b10-7+,11-8+,16-13+,17-14+,22-19+,23-20-,27-25-,33-30+. The number of amides is 1. The Morgan fingerprint density at radius 2 is 0.982 bits per heavy atom. The second kappa shape index (κ2) is 41.9. The topological polar surface area (TPSA) is 95.9 Å². The van der Waals surface area contributed by atoms with Crippen molar-refractivity contribution in [2.24, 2.45) is 0 Å². The SMILES string of the molecule is CC/C=C/C=C/C=C\C=C/C=C/CCCC(=O)OC(CCCCCCC/C=C/C=C/C=C/CC)CC(=O)NC(CO)C(O)CCCCCCCCCCCC. The Balaban J connectivity index is 4.80. The second-order valence-corrected chi connectivity index (χ2v) is 14.5. The van der Waals surface area contributed by atoms with Crippen molar-refractivity contribution in [1.82, 2.24) is 5.32 Å². The molecule has 6 nitrogen and oxygen atoms in total. The molecule has 0 aliphatic carbocycles. The van der Waals surface area contributed by atoms with Gasteiger partial charge in [0, 0.05) is 6.42 Å². The predicted octanol–water partition coefficient (Wildman–Crippen LogP) is 12.6. The fourth-order valence-electron chi connectivity index (χ4n) is 6.05. The lowest BCUT2D eigenvalue weighted by Crippen LogP contribution is -2.46. The molecule has 0 aromatic heterocycles. The predicted molar refractivity (Wildman–Crippen MR) is 236 cm³/mol. The number of hydrogen-bond acceptors (Lipinski definition) is 5. The van der Waals surface area contributed by atoms with Crippen LogP contribution in [0.2, 0.25) is 0 Å². The third kappa shape index (κ3) is 37.5. The maximum absolute atomic E-state index is 13.1. The number of carbonyl (C=O) groups is 2. The van der Waals surface area contributed by atoms with Crippen LogP contribution < -0.4 is 5.32 Å². The van der Waals surface area contributed by atoms with Crippen molar-refractivity contribution >= 4 is 11.9 Å². The number of nitrogens with one attached hydrogen (secondary N) is 1. The summed E-state index contributed by atoms with van der Waals surface area (Å²) in [7, 11) is 0. The summed E-state index contributed by atoms with van der Waals surface area (Å²) in [6.45, 7) is 6.14.